The topological polar surface area (TPSA) is 51.2 Å². The van der Waals surface area contributed by atoms with E-state index in [4.69, 9.17) is 27.9 Å². The number of ether oxygens (including phenoxy) is 1. The zero-order chi connectivity index (χ0) is 12.3. The molecule has 6 heteroatoms. The van der Waals surface area contributed by atoms with E-state index in [1.165, 1.54) is 0 Å². The Labute approximate surface area is 109 Å². The number of hydrogen-bond acceptors (Lipinski definition) is 3. The van der Waals surface area contributed by atoms with Gasteiger partial charge in [0.25, 0.3) is 5.91 Å². The van der Waals surface area contributed by atoms with E-state index in [1.54, 1.807) is 12.1 Å². The van der Waals surface area contributed by atoms with Crippen molar-refractivity contribution in [2.24, 2.45) is 0 Å². The average molecular weight is 275 g/mol. The average Bonchev–Trinajstić information content (AvgIpc) is 2.30. The number of aromatic nitrogens is 1. The van der Waals surface area contributed by atoms with Crippen molar-refractivity contribution in [3.63, 3.8) is 0 Å². The highest BCUT2D eigenvalue weighted by Crippen LogP contribution is 2.17. The van der Waals surface area contributed by atoms with E-state index in [2.05, 4.69) is 10.3 Å². The summed E-state index contributed by atoms with van der Waals surface area (Å²) < 4.78 is 5.22. The summed E-state index contributed by atoms with van der Waals surface area (Å²) in [5.41, 5.74) is 0.350. The number of rotatable bonds is 2. The maximum absolute atomic E-state index is 11.9. The fraction of sp³-hybridized carbons (Fsp3) is 0.455. The lowest BCUT2D eigenvalue weighted by molar-refractivity contribution is 0.0696. The smallest absolute Gasteiger partial charge is 0.254 e. The van der Waals surface area contributed by atoms with Gasteiger partial charge in [0, 0.05) is 19.3 Å². The highest BCUT2D eigenvalue weighted by molar-refractivity contribution is 6.34. The highest BCUT2D eigenvalue weighted by atomic mass is 35.5. The standard InChI is InChI=1S/C11H12Cl2N2O2/c12-9-2-1-8(10(13)15-9)11(16)14-7-3-5-17-6-4-7/h1-2,7H,3-6H2,(H,14,16). The van der Waals surface area contributed by atoms with Crippen molar-refractivity contribution in [3.05, 3.63) is 28.0 Å². The zero-order valence-electron chi connectivity index (χ0n) is 9.08. The number of amides is 1. The summed E-state index contributed by atoms with van der Waals surface area (Å²) in [6, 6.07) is 3.27. The minimum atomic E-state index is -0.217. The van der Waals surface area contributed by atoms with Crippen LogP contribution < -0.4 is 5.32 Å². The van der Waals surface area contributed by atoms with Gasteiger partial charge < -0.3 is 10.1 Å². The number of halogens is 2. The van der Waals surface area contributed by atoms with Gasteiger partial charge in [-0.15, -0.1) is 0 Å². The lowest BCUT2D eigenvalue weighted by Crippen LogP contribution is -2.39. The largest absolute Gasteiger partial charge is 0.381 e. The molecule has 1 fully saturated rings. The van der Waals surface area contributed by atoms with E-state index < -0.39 is 0 Å². The Hall–Kier alpha value is -0.840. The molecule has 0 unspecified atom stereocenters. The molecule has 92 valence electrons. The quantitative estimate of drug-likeness (QED) is 0.842. The van der Waals surface area contributed by atoms with Crippen molar-refractivity contribution < 1.29 is 9.53 Å². The lowest BCUT2D eigenvalue weighted by atomic mass is 10.1. The predicted octanol–water partition coefficient (Wildman–Crippen LogP) is 2.30. The third-order valence-corrected chi connectivity index (χ3v) is 3.11. The van der Waals surface area contributed by atoms with Crippen molar-refractivity contribution in [1.82, 2.24) is 10.3 Å². The summed E-state index contributed by atoms with van der Waals surface area (Å²) in [6.07, 6.45) is 1.65. The first-order chi connectivity index (χ1) is 8.16. The second-order valence-corrected chi connectivity index (χ2v) is 4.58. The molecule has 0 aliphatic carbocycles. The molecule has 0 radical (unpaired) electrons. The molecule has 0 spiro atoms. The molecule has 1 N–H and O–H groups in total. The van der Waals surface area contributed by atoms with Crippen LogP contribution in [0.25, 0.3) is 0 Å². The van der Waals surface area contributed by atoms with E-state index in [0.29, 0.717) is 18.8 Å². The molecule has 0 atom stereocenters. The summed E-state index contributed by atoms with van der Waals surface area (Å²) in [4.78, 5) is 15.8. The van der Waals surface area contributed by atoms with Crippen molar-refractivity contribution >= 4 is 29.1 Å². The number of carbonyl (C=O) groups is 1. The molecule has 0 saturated carbocycles. The number of nitrogens with zero attached hydrogens (tertiary/aromatic N) is 1. The number of nitrogens with one attached hydrogen (secondary N) is 1. The summed E-state index contributed by atoms with van der Waals surface area (Å²) >= 11 is 11.5. The molecule has 17 heavy (non-hydrogen) atoms. The van der Waals surface area contributed by atoms with Gasteiger partial charge in [0.1, 0.15) is 10.3 Å². The summed E-state index contributed by atoms with van der Waals surface area (Å²) in [5, 5.41) is 3.31. The third-order valence-electron chi connectivity index (χ3n) is 2.62. The molecule has 0 bridgehead atoms. The van der Waals surface area contributed by atoms with Gasteiger partial charge in [-0.1, -0.05) is 23.2 Å². The molecule has 1 aliphatic rings. The molecule has 0 aromatic carbocycles. The predicted molar refractivity (Wildman–Crippen MR) is 65.6 cm³/mol. The molecule has 1 aromatic rings. The number of carbonyl (C=O) groups excluding carboxylic acids is 1. The van der Waals surface area contributed by atoms with Gasteiger partial charge in [-0.05, 0) is 25.0 Å². The Morgan fingerprint density at radius 3 is 2.71 bits per heavy atom. The maximum atomic E-state index is 11.9. The highest BCUT2D eigenvalue weighted by Gasteiger charge is 2.19. The monoisotopic (exact) mass is 274 g/mol. The van der Waals surface area contributed by atoms with Crippen LogP contribution in [0.2, 0.25) is 10.3 Å². The second kappa shape index (κ2) is 5.67. The number of pyridine rings is 1. The third kappa shape index (κ3) is 3.31. The summed E-state index contributed by atoms with van der Waals surface area (Å²) in [6.45, 7) is 1.36. The Bertz CT molecular complexity index is 420. The minimum Gasteiger partial charge on any atom is -0.381 e. The van der Waals surface area contributed by atoms with Crippen LogP contribution in [0.3, 0.4) is 0 Å². The Balaban J connectivity index is 2.03. The molecular formula is C11H12Cl2N2O2. The lowest BCUT2D eigenvalue weighted by Gasteiger charge is -2.23. The SMILES string of the molecule is O=C(NC1CCOCC1)c1ccc(Cl)nc1Cl. The molecular weight excluding hydrogens is 263 g/mol. The van der Waals surface area contributed by atoms with Crippen LogP contribution in [-0.2, 0) is 4.74 Å². The van der Waals surface area contributed by atoms with Gasteiger partial charge in [0.05, 0.1) is 5.56 Å². The van der Waals surface area contributed by atoms with Gasteiger partial charge in [-0.25, -0.2) is 4.98 Å². The van der Waals surface area contributed by atoms with Gasteiger partial charge in [-0.3, -0.25) is 4.79 Å². The Kier molecular flexibility index (Phi) is 4.20. The molecule has 4 nitrogen and oxygen atoms in total. The maximum Gasteiger partial charge on any atom is 0.254 e. The van der Waals surface area contributed by atoms with Crippen molar-refractivity contribution in [2.45, 2.75) is 18.9 Å². The van der Waals surface area contributed by atoms with Gasteiger partial charge in [-0.2, -0.15) is 0 Å². The van der Waals surface area contributed by atoms with Crippen LogP contribution in [0.1, 0.15) is 23.2 Å². The van der Waals surface area contributed by atoms with Crippen LogP contribution in [0.4, 0.5) is 0 Å². The van der Waals surface area contributed by atoms with E-state index in [-0.39, 0.29) is 22.3 Å². The fourth-order valence-corrected chi connectivity index (χ4v) is 2.12. The molecule has 1 amide bonds. The van der Waals surface area contributed by atoms with E-state index in [1.807, 2.05) is 0 Å². The van der Waals surface area contributed by atoms with E-state index >= 15 is 0 Å². The van der Waals surface area contributed by atoms with Crippen LogP contribution >= 0.6 is 23.2 Å². The zero-order valence-corrected chi connectivity index (χ0v) is 10.6. The van der Waals surface area contributed by atoms with Gasteiger partial charge in [0.2, 0.25) is 0 Å². The van der Waals surface area contributed by atoms with Crippen LogP contribution in [-0.4, -0.2) is 30.1 Å². The molecule has 2 rings (SSSR count). The molecule has 1 saturated heterocycles. The summed E-state index contributed by atoms with van der Waals surface area (Å²) in [5.74, 6) is -0.217. The van der Waals surface area contributed by atoms with Crippen LogP contribution in [0, 0.1) is 0 Å². The van der Waals surface area contributed by atoms with Crippen molar-refractivity contribution in [2.75, 3.05) is 13.2 Å². The first-order valence-corrected chi connectivity index (χ1v) is 6.13. The molecule has 2 heterocycles. The van der Waals surface area contributed by atoms with Crippen LogP contribution in [0.5, 0.6) is 0 Å². The minimum absolute atomic E-state index is 0.127. The van der Waals surface area contributed by atoms with E-state index in [9.17, 15) is 4.79 Å². The second-order valence-electron chi connectivity index (χ2n) is 3.83. The van der Waals surface area contributed by atoms with Crippen molar-refractivity contribution in [3.8, 4) is 0 Å². The molecule has 1 aromatic heterocycles. The Morgan fingerprint density at radius 1 is 1.35 bits per heavy atom. The van der Waals surface area contributed by atoms with Gasteiger partial charge in [0.15, 0.2) is 0 Å². The van der Waals surface area contributed by atoms with Crippen LogP contribution in [0.15, 0.2) is 12.1 Å². The normalized spacial score (nSPS) is 16.8. The fourth-order valence-electron chi connectivity index (χ4n) is 1.69. The van der Waals surface area contributed by atoms with Gasteiger partial charge >= 0.3 is 0 Å². The first-order valence-electron chi connectivity index (χ1n) is 5.37. The summed E-state index contributed by atoms with van der Waals surface area (Å²) in [7, 11) is 0. The number of hydrogen-bond donors (Lipinski definition) is 1. The first kappa shape index (κ1) is 12.6. The molecule has 1 aliphatic heterocycles. The van der Waals surface area contributed by atoms with Crippen molar-refractivity contribution in [1.29, 1.82) is 0 Å². The Morgan fingerprint density at radius 2 is 2.06 bits per heavy atom. The van der Waals surface area contributed by atoms with E-state index in [0.717, 1.165) is 12.8 Å².